The highest BCUT2D eigenvalue weighted by molar-refractivity contribution is 5.26. The van der Waals surface area contributed by atoms with Gasteiger partial charge in [-0.2, -0.15) is 0 Å². The van der Waals surface area contributed by atoms with Crippen LogP contribution in [0, 0.1) is 5.92 Å². The Morgan fingerprint density at radius 3 is 2.74 bits per heavy atom. The molecule has 2 unspecified atom stereocenters. The highest BCUT2D eigenvalue weighted by atomic mass is 16.5. The van der Waals surface area contributed by atoms with Crippen LogP contribution in [-0.2, 0) is 22.6 Å². The van der Waals surface area contributed by atoms with Gasteiger partial charge in [0, 0.05) is 26.3 Å². The number of ether oxygens (including phenoxy) is 2. The largest absolute Gasteiger partial charge is 0.380 e. The zero-order valence-electron chi connectivity index (χ0n) is 11.6. The van der Waals surface area contributed by atoms with E-state index >= 15 is 0 Å². The third-order valence-corrected chi connectivity index (χ3v) is 4.20. The molecule has 1 heterocycles. The van der Waals surface area contributed by atoms with Gasteiger partial charge < -0.3 is 14.8 Å². The molecule has 0 radical (unpaired) electrons. The van der Waals surface area contributed by atoms with Crippen LogP contribution in [0.4, 0.5) is 0 Å². The maximum absolute atomic E-state index is 5.87. The summed E-state index contributed by atoms with van der Waals surface area (Å²) in [6.45, 7) is 2.51. The third kappa shape index (κ3) is 3.16. The molecule has 0 spiro atoms. The molecule has 104 valence electrons. The first-order chi connectivity index (χ1) is 9.38. The van der Waals surface area contributed by atoms with Crippen LogP contribution in [-0.4, -0.2) is 25.9 Å². The van der Waals surface area contributed by atoms with Gasteiger partial charge in [0.1, 0.15) is 0 Å². The Morgan fingerprint density at radius 2 is 2.00 bits per heavy atom. The van der Waals surface area contributed by atoms with E-state index in [1.165, 1.54) is 24.0 Å². The number of nitrogens with one attached hydrogen (secondary N) is 1. The second-order valence-corrected chi connectivity index (χ2v) is 5.65. The first-order valence-corrected chi connectivity index (χ1v) is 7.29. The van der Waals surface area contributed by atoms with Gasteiger partial charge in [0.2, 0.25) is 0 Å². The van der Waals surface area contributed by atoms with Crippen LogP contribution in [0.25, 0.3) is 0 Å². The van der Waals surface area contributed by atoms with Crippen molar-refractivity contribution in [1.29, 1.82) is 0 Å². The Hall–Kier alpha value is -0.900. The average molecular weight is 261 g/mol. The van der Waals surface area contributed by atoms with Crippen LogP contribution in [0.3, 0.4) is 0 Å². The minimum atomic E-state index is 0.453. The maximum atomic E-state index is 5.87. The summed E-state index contributed by atoms with van der Waals surface area (Å²) < 4.78 is 11.1. The second-order valence-electron chi connectivity index (χ2n) is 5.65. The fourth-order valence-corrected chi connectivity index (χ4v) is 2.99. The Kier molecular flexibility index (Phi) is 4.16. The lowest BCUT2D eigenvalue weighted by Gasteiger charge is -2.20. The van der Waals surface area contributed by atoms with Crippen molar-refractivity contribution in [2.45, 2.75) is 44.6 Å². The lowest BCUT2D eigenvalue weighted by atomic mass is 10.0. The van der Waals surface area contributed by atoms with Gasteiger partial charge in [-0.25, -0.2) is 0 Å². The average Bonchev–Trinajstić information content (AvgIpc) is 3.17. The van der Waals surface area contributed by atoms with Crippen LogP contribution < -0.4 is 5.32 Å². The van der Waals surface area contributed by atoms with Gasteiger partial charge in [-0.3, -0.25) is 0 Å². The molecule has 0 aromatic heterocycles. The van der Waals surface area contributed by atoms with Crippen LogP contribution in [0.2, 0.25) is 0 Å². The molecule has 0 amide bonds. The molecule has 2 aliphatic rings. The van der Waals surface area contributed by atoms with Crippen LogP contribution >= 0.6 is 0 Å². The van der Waals surface area contributed by atoms with E-state index in [1.54, 1.807) is 7.11 Å². The van der Waals surface area contributed by atoms with Crippen molar-refractivity contribution in [1.82, 2.24) is 5.32 Å². The predicted molar refractivity (Wildman–Crippen MR) is 74.9 cm³/mol. The molecule has 1 aromatic carbocycles. The van der Waals surface area contributed by atoms with Gasteiger partial charge in [-0.15, -0.1) is 0 Å². The van der Waals surface area contributed by atoms with Gasteiger partial charge >= 0.3 is 0 Å². The highest BCUT2D eigenvalue weighted by Gasteiger charge is 2.40. The number of hydrogen-bond acceptors (Lipinski definition) is 3. The SMILES string of the molecule is COCc1ccccc1CNC1CCOC1C1CC1. The first kappa shape index (κ1) is 13.1. The number of methoxy groups -OCH3 is 1. The van der Waals surface area contributed by atoms with E-state index < -0.39 is 0 Å². The van der Waals surface area contributed by atoms with E-state index in [9.17, 15) is 0 Å². The maximum Gasteiger partial charge on any atom is 0.0757 e. The van der Waals surface area contributed by atoms with E-state index in [0.717, 1.165) is 25.5 Å². The minimum absolute atomic E-state index is 0.453. The Bertz CT molecular complexity index is 417. The highest BCUT2D eigenvalue weighted by Crippen LogP contribution is 2.38. The summed E-state index contributed by atoms with van der Waals surface area (Å²) in [5.74, 6) is 0.814. The number of benzene rings is 1. The second kappa shape index (κ2) is 6.04. The van der Waals surface area contributed by atoms with Gasteiger partial charge in [0.05, 0.1) is 12.7 Å². The predicted octanol–water partition coefficient (Wildman–Crippen LogP) is 2.49. The van der Waals surface area contributed by atoms with Crippen molar-refractivity contribution in [3.05, 3.63) is 35.4 Å². The molecular weight excluding hydrogens is 238 g/mol. The molecule has 1 aromatic rings. The Balaban J connectivity index is 1.59. The van der Waals surface area contributed by atoms with E-state index in [1.807, 2.05) is 0 Å². The van der Waals surface area contributed by atoms with Crippen molar-refractivity contribution in [2.75, 3.05) is 13.7 Å². The van der Waals surface area contributed by atoms with Crippen molar-refractivity contribution in [3.63, 3.8) is 0 Å². The summed E-state index contributed by atoms with van der Waals surface area (Å²) in [6, 6.07) is 9.03. The fraction of sp³-hybridized carbons (Fsp3) is 0.625. The van der Waals surface area contributed by atoms with Crippen LogP contribution in [0.15, 0.2) is 24.3 Å². The molecule has 0 bridgehead atoms. The van der Waals surface area contributed by atoms with Gasteiger partial charge in [-0.05, 0) is 36.3 Å². The van der Waals surface area contributed by atoms with E-state index in [4.69, 9.17) is 9.47 Å². The molecule has 1 aliphatic carbocycles. The zero-order chi connectivity index (χ0) is 13.1. The summed E-state index contributed by atoms with van der Waals surface area (Å²) in [7, 11) is 1.75. The third-order valence-electron chi connectivity index (χ3n) is 4.20. The van der Waals surface area contributed by atoms with Crippen molar-refractivity contribution < 1.29 is 9.47 Å². The molecule has 3 heteroatoms. The Labute approximate surface area is 115 Å². The fourth-order valence-electron chi connectivity index (χ4n) is 2.99. The molecule has 19 heavy (non-hydrogen) atoms. The van der Waals surface area contributed by atoms with E-state index in [-0.39, 0.29) is 0 Å². The molecule has 2 fully saturated rings. The number of rotatable bonds is 6. The molecule has 1 saturated carbocycles. The first-order valence-electron chi connectivity index (χ1n) is 7.29. The number of hydrogen-bond donors (Lipinski definition) is 1. The minimum Gasteiger partial charge on any atom is -0.380 e. The molecule has 3 rings (SSSR count). The topological polar surface area (TPSA) is 30.5 Å². The van der Waals surface area contributed by atoms with E-state index in [0.29, 0.717) is 18.8 Å². The van der Waals surface area contributed by atoms with Crippen LogP contribution in [0.1, 0.15) is 30.4 Å². The monoisotopic (exact) mass is 261 g/mol. The van der Waals surface area contributed by atoms with Gasteiger partial charge in [0.25, 0.3) is 0 Å². The van der Waals surface area contributed by atoms with Crippen molar-refractivity contribution in [3.8, 4) is 0 Å². The molecular formula is C16H23NO2. The van der Waals surface area contributed by atoms with Crippen LogP contribution in [0.5, 0.6) is 0 Å². The quantitative estimate of drug-likeness (QED) is 0.853. The summed E-state index contributed by atoms with van der Waals surface area (Å²) in [5, 5.41) is 3.69. The molecule has 2 atom stereocenters. The smallest absolute Gasteiger partial charge is 0.0757 e. The summed E-state index contributed by atoms with van der Waals surface area (Å²) in [5.41, 5.74) is 2.62. The molecule has 1 N–H and O–H groups in total. The lowest BCUT2D eigenvalue weighted by molar-refractivity contribution is 0.0808. The van der Waals surface area contributed by atoms with Crippen molar-refractivity contribution >= 4 is 0 Å². The van der Waals surface area contributed by atoms with Gasteiger partial charge in [-0.1, -0.05) is 24.3 Å². The molecule has 1 aliphatic heterocycles. The molecule has 1 saturated heterocycles. The summed E-state index contributed by atoms with van der Waals surface area (Å²) in [4.78, 5) is 0. The Morgan fingerprint density at radius 1 is 1.21 bits per heavy atom. The van der Waals surface area contributed by atoms with Crippen molar-refractivity contribution in [2.24, 2.45) is 5.92 Å². The van der Waals surface area contributed by atoms with E-state index in [2.05, 4.69) is 29.6 Å². The standard InChI is InChI=1S/C16H23NO2/c1-18-11-14-5-3-2-4-13(14)10-17-15-8-9-19-16(15)12-6-7-12/h2-5,12,15-17H,6-11H2,1H3. The molecule has 3 nitrogen and oxygen atoms in total. The zero-order valence-corrected chi connectivity index (χ0v) is 11.6. The normalized spacial score (nSPS) is 26.8. The van der Waals surface area contributed by atoms with Gasteiger partial charge in [0.15, 0.2) is 0 Å². The summed E-state index contributed by atoms with van der Waals surface area (Å²) >= 11 is 0. The lowest BCUT2D eigenvalue weighted by Crippen LogP contribution is -2.37. The summed E-state index contributed by atoms with van der Waals surface area (Å²) in [6.07, 6.45) is 4.30.